The van der Waals surface area contributed by atoms with Gasteiger partial charge in [-0.05, 0) is 24.5 Å². The van der Waals surface area contributed by atoms with E-state index >= 15 is 0 Å². The second-order valence-corrected chi connectivity index (χ2v) is 4.77. The lowest BCUT2D eigenvalue weighted by molar-refractivity contribution is 0.274. The molecule has 2 aromatic rings. The first kappa shape index (κ1) is 13.4. The third-order valence-corrected chi connectivity index (χ3v) is 3.29. The van der Waals surface area contributed by atoms with Gasteiger partial charge in [0.1, 0.15) is 17.6 Å². The summed E-state index contributed by atoms with van der Waals surface area (Å²) in [5.74, 6) is 2.38. The third kappa shape index (κ3) is 2.79. The Hall–Kier alpha value is -2.61. The number of nitrogens with zero attached hydrogens (tertiary/aromatic N) is 3. The van der Waals surface area contributed by atoms with E-state index in [1.807, 2.05) is 31.2 Å². The Morgan fingerprint density at radius 3 is 3.10 bits per heavy atom. The monoisotopic (exact) mass is 281 g/mol. The fourth-order valence-electron chi connectivity index (χ4n) is 2.29. The van der Waals surface area contributed by atoms with Gasteiger partial charge in [0, 0.05) is 12.5 Å². The average Bonchev–Trinajstić information content (AvgIpc) is 2.55. The number of benzene rings is 1. The highest BCUT2D eigenvalue weighted by Crippen LogP contribution is 2.37. The maximum absolute atomic E-state index is 9.02. The average molecular weight is 281 g/mol. The molecule has 0 saturated heterocycles. The van der Waals surface area contributed by atoms with Crippen molar-refractivity contribution in [1.29, 1.82) is 5.26 Å². The van der Waals surface area contributed by atoms with Crippen LogP contribution in [0.1, 0.15) is 30.4 Å². The molecule has 1 aromatic heterocycles. The molecule has 5 nitrogen and oxygen atoms in total. The highest BCUT2D eigenvalue weighted by atomic mass is 16.5. The van der Waals surface area contributed by atoms with Crippen molar-refractivity contribution in [2.45, 2.75) is 26.2 Å². The van der Waals surface area contributed by atoms with Crippen LogP contribution in [0.4, 0.5) is 0 Å². The van der Waals surface area contributed by atoms with Crippen LogP contribution >= 0.6 is 0 Å². The first-order valence-corrected chi connectivity index (χ1v) is 7.00. The van der Waals surface area contributed by atoms with E-state index in [1.54, 1.807) is 6.07 Å². The molecule has 1 aliphatic heterocycles. The molecule has 0 spiro atoms. The molecular formula is C16H15N3O2. The molecule has 2 heterocycles. The van der Waals surface area contributed by atoms with Crippen molar-refractivity contribution in [3.8, 4) is 23.4 Å². The molecule has 0 unspecified atom stereocenters. The molecule has 5 heteroatoms. The first-order chi connectivity index (χ1) is 10.3. The predicted molar refractivity (Wildman–Crippen MR) is 76.5 cm³/mol. The lowest BCUT2D eigenvalue weighted by Crippen LogP contribution is -2.09. The lowest BCUT2D eigenvalue weighted by Gasteiger charge is -2.19. The van der Waals surface area contributed by atoms with Crippen LogP contribution in [0.25, 0.3) is 0 Å². The Balaban J connectivity index is 1.96. The second-order valence-electron chi connectivity index (χ2n) is 4.77. The highest BCUT2D eigenvalue weighted by Gasteiger charge is 2.16. The lowest BCUT2D eigenvalue weighted by atomic mass is 10.1. The van der Waals surface area contributed by atoms with Crippen molar-refractivity contribution in [3.63, 3.8) is 0 Å². The molecule has 1 aliphatic rings. The normalized spacial score (nSPS) is 13.0. The van der Waals surface area contributed by atoms with E-state index < -0.39 is 0 Å². The molecule has 1 aromatic carbocycles. The Bertz CT molecular complexity index is 707. The summed E-state index contributed by atoms with van der Waals surface area (Å²) in [5, 5.41) is 9.02. The predicted octanol–water partition coefficient (Wildman–Crippen LogP) is 3.03. The second kappa shape index (κ2) is 5.80. The van der Waals surface area contributed by atoms with Crippen LogP contribution in [0.5, 0.6) is 17.4 Å². The Kier molecular flexibility index (Phi) is 3.69. The molecular weight excluding hydrogens is 266 g/mol. The quantitative estimate of drug-likeness (QED) is 0.865. The van der Waals surface area contributed by atoms with E-state index in [1.165, 1.54) is 0 Å². The molecule has 3 rings (SSSR count). The van der Waals surface area contributed by atoms with Crippen LogP contribution in [-0.2, 0) is 12.8 Å². The zero-order chi connectivity index (χ0) is 14.7. The summed E-state index contributed by atoms with van der Waals surface area (Å²) in [6, 6.07) is 9.40. The summed E-state index contributed by atoms with van der Waals surface area (Å²) < 4.78 is 11.5. The van der Waals surface area contributed by atoms with Gasteiger partial charge in [-0.25, -0.2) is 4.98 Å². The number of rotatable bonds is 3. The van der Waals surface area contributed by atoms with Crippen LogP contribution in [-0.4, -0.2) is 16.6 Å². The molecule has 0 aliphatic carbocycles. The van der Waals surface area contributed by atoms with Gasteiger partial charge in [-0.15, -0.1) is 0 Å². The van der Waals surface area contributed by atoms with Crippen LogP contribution in [0, 0.1) is 11.3 Å². The first-order valence-electron chi connectivity index (χ1n) is 7.00. The fourth-order valence-corrected chi connectivity index (χ4v) is 2.29. The van der Waals surface area contributed by atoms with E-state index in [4.69, 9.17) is 14.7 Å². The van der Waals surface area contributed by atoms with Gasteiger partial charge < -0.3 is 9.47 Å². The molecule has 0 saturated carbocycles. The van der Waals surface area contributed by atoms with Crippen LogP contribution in [0.15, 0.2) is 24.3 Å². The molecule has 0 fully saturated rings. The minimum absolute atomic E-state index is 0.308. The summed E-state index contributed by atoms with van der Waals surface area (Å²) in [6.07, 6.45) is 2.65. The van der Waals surface area contributed by atoms with Crippen LogP contribution in [0.3, 0.4) is 0 Å². The summed E-state index contributed by atoms with van der Waals surface area (Å²) in [4.78, 5) is 8.42. The SMILES string of the molecule is CCc1nc(C#N)cc(Oc2cccc3c2OCCC3)n1. The molecule has 0 bridgehead atoms. The topological polar surface area (TPSA) is 68.0 Å². The largest absolute Gasteiger partial charge is 0.489 e. The number of fused-ring (bicyclic) bond motifs is 1. The Morgan fingerprint density at radius 2 is 2.29 bits per heavy atom. The van der Waals surface area contributed by atoms with Crippen molar-refractivity contribution in [3.05, 3.63) is 41.3 Å². The number of para-hydroxylation sites is 1. The van der Waals surface area contributed by atoms with Gasteiger partial charge in [0.15, 0.2) is 11.5 Å². The number of aryl methyl sites for hydroxylation is 2. The van der Waals surface area contributed by atoms with Crippen molar-refractivity contribution in [2.24, 2.45) is 0 Å². The van der Waals surface area contributed by atoms with Gasteiger partial charge in [-0.1, -0.05) is 19.1 Å². The highest BCUT2D eigenvalue weighted by molar-refractivity contribution is 5.49. The van der Waals surface area contributed by atoms with Crippen molar-refractivity contribution in [1.82, 2.24) is 9.97 Å². The van der Waals surface area contributed by atoms with E-state index in [0.29, 0.717) is 36.2 Å². The molecule has 0 radical (unpaired) electrons. The Morgan fingerprint density at radius 1 is 1.38 bits per heavy atom. The Labute approximate surface area is 123 Å². The molecule has 0 amide bonds. The minimum Gasteiger partial charge on any atom is -0.489 e. The maximum atomic E-state index is 9.02. The zero-order valence-electron chi connectivity index (χ0n) is 11.8. The van der Waals surface area contributed by atoms with Gasteiger partial charge in [0.2, 0.25) is 5.88 Å². The summed E-state index contributed by atoms with van der Waals surface area (Å²) in [7, 11) is 0. The van der Waals surface area contributed by atoms with E-state index in [9.17, 15) is 0 Å². The minimum atomic E-state index is 0.308. The summed E-state index contributed by atoms with van der Waals surface area (Å²) >= 11 is 0. The molecule has 0 atom stereocenters. The van der Waals surface area contributed by atoms with Crippen molar-refractivity contribution in [2.75, 3.05) is 6.61 Å². The number of hydrogen-bond donors (Lipinski definition) is 0. The maximum Gasteiger partial charge on any atom is 0.224 e. The summed E-state index contributed by atoms with van der Waals surface area (Å²) in [6.45, 7) is 2.63. The number of aromatic nitrogens is 2. The molecule has 21 heavy (non-hydrogen) atoms. The van der Waals surface area contributed by atoms with Crippen molar-refractivity contribution >= 4 is 0 Å². The third-order valence-electron chi connectivity index (χ3n) is 3.29. The number of hydrogen-bond acceptors (Lipinski definition) is 5. The molecule has 106 valence electrons. The van der Waals surface area contributed by atoms with Crippen LogP contribution < -0.4 is 9.47 Å². The smallest absolute Gasteiger partial charge is 0.224 e. The van der Waals surface area contributed by atoms with Gasteiger partial charge in [-0.2, -0.15) is 10.2 Å². The van der Waals surface area contributed by atoms with E-state index in [2.05, 4.69) is 9.97 Å². The van der Waals surface area contributed by atoms with Crippen molar-refractivity contribution < 1.29 is 9.47 Å². The number of ether oxygens (including phenoxy) is 2. The van der Waals surface area contributed by atoms with E-state index in [-0.39, 0.29) is 0 Å². The fraction of sp³-hybridized carbons (Fsp3) is 0.312. The van der Waals surface area contributed by atoms with Crippen LogP contribution in [0.2, 0.25) is 0 Å². The molecule has 0 N–H and O–H groups in total. The van der Waals surface area contributed by atoms with Gasteiger partial charge >= 0.3 is 0 Å². The summed E-state index contributed by atoms with van der Waals surface area (Å²) in [5.41, 5.74) is 1.45. The van der Waals surface area contributed by atoms with Gasteiger partial charge in [-0.3, -0.25) is 0 Å². The zero-order valence-corrected chi connectivity index (χ0v) is 11.8. The number of nitriles is 1. The van der Waals surface area contributed by atoms with Gasteiger partial charge in [0.25, 0.3) is 0 Å². The van der Waals surface area contributed by atoms with E-state index in [0.717, 1.165) is 24.2 Å². The van der Waals surface area contributed by atoms with Gasteiger partial charge in [0.05, 0.1) is 6.61 Å². The standard InChI is InChI=1S/C16H15N3O2/c1-2-14-18-12(10-17)9-15(19-14)21-13-7-3-5-11-6-4-8-20-16(11)13/h3,5,7,9H,2,4,6,8H2,1H3.